The molecule has 1 aromatic heterocycles. The van der Waals surface area contributed by atoms with E-state index in [1.165, 1.54) is 11.8 Å². The number of rotatable bonds is 3. The standard InChI is InChI=1S/C13H14BrN3S/c1-8-6-16-13(17-7-8)18-10-3-4-11(9(2)15)12(14)5-10/h3-7,9H,15H2,1-2H3/t9-/m1/s1. The number of aryl methyl sites for hydroxylation is 1. The molecule has 1 aromatic carbocycles. The molecule has 0 saturated heterocycles. The van der Waals surface area contributed by atoms with Crippen LogP contribution >= 0.6 is 27.7 Å². The van der Waals surface area contributed by atoms with E-state index >= 15 is 0 Å². The minimum absolute atomic E-state index is 0.0223. The van der Waals surface area contributed by atoms with Gasteiger partial charge in [-0.05, 0) is 48.9 Å². The number of aromatic nitrogens is 2. The number of hydrogen-bond donors (Lipinski definition) is 1. The van der Waals surface area contributed by atoms with Gasteiger partial charge in [0.05, 0.1) is 0 Å². The maximum absolute atomic E-state index is 5.87. The maximum Gasteiger partial charge on any atom is 0.192 e. The third-order valence-electron chi connectivity index (χ3n) is 2.43. The van der Waals surface area contributed by atoms with Crippen LogP contribution in [-0.2, 0) is 0 Å². The molecule has 0 saturated carbocycles. The summed E-state index contributed by atoms with van der Waals surface area (Å²) in [5, 5.41) is 0.751. The fourth-order valence-corrected chi connectivity index (χ4v) is 3.11. The van der Waals surface area contributed by atoms with Crippen molar-refractivity contribution in [3.8, 4) is 0 Å². The lowest BCUT2D eigenvalue weighted by Crippen LogP contribution is -2.05. The number of benzene rings is 1. The first kappa shape index (κ1) is 13.5. The molecule has 0 aliphatic rings. The van der Waals surface area contributed by atoms with Gasteiger partial charge in [0, 0.05) is 27.8 Å². The van der Waals surface area contributed by atoms with E-state index in [0.717, 1.165) is 25.7 Å². The molecule has 94 valence electrons. The van der Waals surface area contributed by atoms with E-state index in [9.17, 15) is 0 Å². The Morgan fingerprint density at radius 3 is 2.50 bits per heavy atom. The predicted octanol–water partition coefficient (Wildman–Crippen LogP) is 3.72. The van der Waals surface area contributed by atoms with Crippen LogP contribution in [-0.4, -0.2) is 9.97 Å². The van der Waals surface area contributed by atoms with Crippen LogP contribution in [0.3, 0.4) is 0 Å². The van der Waals surface area contributed by atoms with E-state index in [1.807, 2.05) is 44.4 Å². The first-order valence-corrected chi connectivity index (χ1v) is 7.19. The van der Waals surface area contributed by atoms with Crippen molar-refractivity contribution >= 4 is 27.7 Å². The zero-order chi connectivity index (χ0) is 13.1. The molecule has 5 heteroatoms. The Kier molecular flexibility index (Phi) is 4.37. The molecular formula is C13H14BrN3S. The number of hydrogen-bond acceptors (Lipinski definition) is 4. The molecule has 0 aliphatic carbocycles. The molecule has 1 atom stereocenters. The third-order valence-corrected chi connectivity index (χ3v) is 4.00. The van der Waals surface area contributed by atoms with E-state index in [1.54, 1.807) is 0 Å². The Hall–Kier alpha value is -0.910. The van der Waals surface area contributed by atoms with E-state index in [-0.39, 0.29) is 6.04 Å². The first-order chi connectivity index (χ1) is 8.56. The summed E-state index contributed by atoms with van der Waals surface area (Å²) in [6.45, 7) is 3.94. The highest BCUT2D eigenvalue weighted by Gasteiger charge is 2.07. The molecule has 1 heterocycles. The van der Waals surface area contributed by atoms with Crippen molar-refractivity contribution in [3.05, 3.63) is 46.2 Å². The lowest BCUT2D eigenvalue weighted by Gasteiger charge is -2.09. The summed E-state index contributed by atoms with van der Waals surface area (Å²) in [7, 11) is 0. The largest absolute Gasteiger partial charge is 0.324 e. The summed E-state index contributed by atoms with van der Waals surface area (Å²) >= 11 is 5.08. The molecular weight excluding hydrogens is 310 g/mol. The van der Waals surface area contributed by atoms with Crippen molar-refractivity contribution < 1.29 is 0 Å². The highest BCUT2D eigenvalue weighted by atomic mass is 79.9. The molecule has 0 amide bonds. The molecule has 0 bridgehead atoms. The maximum atomic E-state index is 5.87. The summed E-state index contributed by atoms with van der Waals surface area (Å²) in [5.74, 6) is 0. The highest BCUT2D eigenvalue weighted by Crippen LogP contribution is 2.30. The van der Waals surface area contributed by atoms with Gasteiger partial charge in [0.2, 0.25) is 0 Å². The van der Waals surface area contributed by atoms with Gasteiger partial charge < -0.3 is 5.73 Å². The topological polar surface area (TPSA) is 51.8 Å². The van der Waals surface area contributed by atoms with Gasteiger partial charge in [-0.2, -0.15) is 0 Å². The second-order valence-electron chi connectivity index (χ2n) is 4.12. The molecule has 0 spiro atoms. The van der Waals surface area contributed by atoms with Gasteiger partial charge in [0.15, 0.2) is 5.16 Å². The zero-order valence-corrected chi connectivity index (χ0v) is 12.6. The van der Waals surface area contributed by atoms with Crippen molar-refractivity contribution in [1.82, 2.24) is 9.97 Å². The van der Waals surface area contributed by atoms with E-state index in [0.29, 0.717) is 0 Å². The molecule has 0 fully saturated rings. The van der Waals surface area contributed by atoms with Crippen LogP contribution in [0.1, 0.15) is 24.1 Å². The van der Waals surface area contributed by atoms with Gasteiger partial charge >= 0.3 is 0 Å². The Labute approximate surface area is 119 Å². The van der Waals surface area contributed by atoms with Crippen molar-refractivity contribution in [2.75, 3.05) is 0 Å². The molecule has 0 unspecified atom stereocenters. The third kappa shape index (κ3) is 3.31. The second-order valence-corrected chi connectivity index (χ2v) is 6.01. The smallest absolute Gasteiger partial charge is 0.192 e. The highest BCUT2D eigenvalue weighted by molar-refractivity contribution is 9.10. The second kappa shape index (κ2) is 5.82. The molecule has 0 radical (unpaired) electrons. The van der Waals surface area contributed by atoms with Gasteiger partial charge in [-0.3, -0.25) is 0 Å². The first-order valence-electron chi connectivity index (χ1n) is 5.58. The lowest BCUT2D eigenvalue weighted by atomic mass is 10.1. The summed E-state index contributed by atoms with van der Waals surface area (Å²) in [4.78, 5) is 9.64. The Morgan fingerprint density at radius 1 is 1.28 bits per heavy atom. The number of nitrogens with zero attached hydrogens (tertiary/aromatic N) is 2. The summed E-state index contributed by atoms with van der Waals surface area (Å²) < 4.78 is 1.02. The Bertz CT molecular complexity index is 540. The molecule has 0 aliphatic heterocycles. The van der Waals surface area contributed by atoms with Crippen molar-refractivity contribution in [3.63, 3.8) is 0 Å². The molecule has 2 rings (SSSR count). The average molecular weight is 324 g/mol. The van der Waals surface area contributed by atoms with Crippen LogP contribution in [0.2, 0.25) is 0 Å². The van der Waals surface area contributed by atoms with Gasteiger partial charge in [-0.1, -0.05) is 22.0 Å². The minimum Gasteiger partial charge on any atom is -0.324 e. The quantitative estimate of drug-likeness (QED) is 0.874. The molecule has 2 aromatic rings. The predicted molar refractivity (Wildman–Crippen MR) is 77.6 cm³/mol. The number of halogens is 1. The fourth-order valence-electron chi connectivity index (χ4n) is 1.48. The Morgan fingerprint density at radius 2 is 1.94 bits per heavy atom. The van der Waals surface area contributed by atoms with Gasteiger partial charge in [0.25, 0.3) is 0 Å². The van der Waals surface area contributed by atoms with Crippen LogP contribution in [0.4, 0.5) is 0 Å². The van der Waals surface area contributed by atoms with E-state index in [2.05, 4.69) is 25.9 Å². The van der Waals surface area contributed by atoms with Crippen molar-refractivity contribution in [2.45, 2.75) is 29.9 Å². The molecule has 3 nitrogen and oxygen atoms in total. The minimum atomic E-state index is 0.0223. The van der Waals surface area contributed by atoms with Crippen LogP contribution in [0.25, 0.3) is 0 Å². The lowest BCUT2D eigenvalue weighted by molar-refractivity contribution is 0.811. The number of nitrogens with two attached hydrogens (primary N) is 1. The van der Waals surface area contributed by atoms with Crippen LogP contribution in [0.5, 0.6) is 0 Å². The molecule has 2 N–H and O–H groups in total. The van der Waals surface area contributed by atoms with Crippen LogP contribution < -0.4 is 5.73 Å². The van der Waals surface area contributed by atoms with Gasteiger partial charge in [-0.25, -0.2) is 9.97 Å². The average Bonchev–Trinajstić information content (AvgIpc) is 2.32. The summed E-state index contributed by atoms with van der Waals surface area (Å²) in [6, 6.07) is 6.14. The van der Waals surface area contributed by atoms with Gasteiger partial charge in [0.1, 0.15) is 0 Å². The van der Waals surface area contributed by atoms with E-state index in [4.69, 9.17) is 5.73 Å². The monoisotopic (exact) mass is 323 g/mol. The van der Waals surface area contributed by atoms with Crippen molar-refractivity contribution in [1.29, 1.82) is 0 Å². The van der Waals surface area contributed by atoms with Crippen LogP contribution in [0, 0.1) is 6.92 Å². The van der Waals surface area contributed by atoms with E-state index < -0.39 is 0 Å². The zero-order valence-electron chi connectivity index (χ0n) is 10.2. The normalized spacial score (nSPS) is 12.4. The van der Waals surface area contributed by atoms with Gasteiger partial charge in [-0.15, -0.1) is 0 Å². The van der Waals surface area contributed by atoms with Crippen molar-refractivity contribution in [2.24, 2.45) is 5.73 Å². The molecule has 18 heavy (non-hydrogen) atoms. The Balaban J connectivity index is 2.20. The fraction of sp³-hybridized carbons (Fsp3) is 0.231. The SMILES string of the molecule is Cc1cnc(Sc2ccc([C@@H](C)N)c(Br)c2)nc1. The summed E-state index contributed by atoms with van der Waals surface area (Å²) in [5.41, 5.74) is 8.04. The van der Waals surface area contributed by atoms with Crippen LogP contribution in [0.15, 0.2) is 45.1 Å². The summed E-state index contributed by atoms with van der Waals surface area (Å²) in [6.07, 6.45) is 3.64.